The second-order valence-corrected chi connectivity index (χ2v) is 8.38. The van der Waals surface area contributed by atoms with Crippen LogP contribution >= 0.6 is 0 Å². The number of amides is 2. The standard InChI is InChI=1S/C20H26F3N3O2/c1-13-6-7-14(2)16(10-13)26-17(27)9-8-15(24-26)18(28)25(11-19(3,4)5)12-20(21,22)23/h6-7,10H,8-9,11-12H2,1-5H3. The zero-order valence-corrected chi connectivity index (χ0v) is 16.9. The van der Waals surface area contributed by atoms with Gasteiger partial charge in [-0.2, -0.15) is 18.3 Å². The summed E-state index contributed by atoms with van der Waals surface area (Å²) in [6.45, 7) is 7.54. The maximum absolute atomic E-state index is 13.0. The minimum absolute atomic E-state index is 0.0212. The van der Waals surface area contributed by atoms with E-state index in [0.717, 1.165) is 21.0 Å². The van der Waals surface area contributed by atoms with Crippen LogP contribution in [0.3, 0.4) is 0 Å². The first-order chi connectivity index (χ1) is 12.8. The Bertz CT molecular complexity index is 779. The number of benzene rings is 1. The van der Waals surface area contributed by atoms with Crippen LogP contribution in [0, 0.1) is 19.3 Å². The van der Waals surface area contributed by atoms with Gasteiger partial charge in [0.25, 0.3) is 5.91 Å². The Hall–Kier alpha value is -2.38. The smallest absolute Gasteiger partial charge is 0.328 e. The molecule has 1 aliphatic heterocycles. The van der Waals surface area contributed by atoms with Crippen molar-refractivity contribution in [2.24, 2.45) is 10.5 Å². The van der Waals surface area contributed by atoms with Crippen molar-refractivity contribution in [2.75, 3.05) is 18.1 Å². The average Bonchev–Trinajstić information content (AvgIpc) is 2.54. The highest BCUT2D eigenvalue weighted by molar-refractivity contribution is 6.40. The fraction of sp³-hybridized carbons (Fsp3) is 0.550. The number of anilines is 1. The molecule has 8 heteroatoms. The number of nitrogens with zero attached hydrogens (tertiary/aromatic N) is 3. The Morgan fingerprint density at radius 1 is 1.14 bits per heavy atom. The molecule has 0 bridgehead atoms. The van der Waals surface area contributed by atoms with Gasteiger partial charge >= 0.3 is 6.18 Å². The first kappa shape index (κ1) is 21.9. The molecule has 1 aliphatic rings. The van der Waals surface area contributed by atoms with Gasteiger partial charge in [0.15, 0.2) is 0 Å². The molecule has 0 spiro atoms. The van der Waals surface area contributed by atoms with E-state index in [1.807, 2.05) is 26.0 Å². The molecular weight excluding hydrogens is 371 g/mol. The number of aryl methyl sites for hydroxylation is 2. The molecule has 0 saturated carbocycles. The van der Waals surface area contributed by atoms with E-state index in [-0.39, 0.29) is 31.0 Å². The van der Waals surface area contributed by atoms with Gasteiger partial charge in [-0.05, 0) is 36.5 Å². The fourth-order valence-electron chi connectivity index (χ4n) is 3.01. The number of carbonyl (C=O) groups is 2. The molecule has 1 aromatic rings. The van der Waals surface area contributed by atoms with E-state index < -0.39 is 24.0 Å². The Morgan fingerprint density at radius 2 is 1.79 bits per heavy atom. The van der Waals surface area contributed by atoms with Gasteiger partial charge in [-0.15, -0.1) is 0 Å². The first-order valence-electron chi connectivity index (χ1n) is 9.10. The molecule has 0 unspecified atom stereocenters. The summed E-state index contributed by atoms with van der Waals surface area (Å²) in [5.41, 5.74) is 1.69. The lowest BCUT2D eigenvalue weighted by Gasteiger charge is -2.32. The molecule has 0 atom stereocenters. The second kappa shape index (κ2) is 7.93. The van der Waals surface area contributed by atoms with E-state index in [1.54, 1.807) is 26.8 Å². The SMILES string of the molecule is Cc1ccc(C)c(N2N=C(C(=O)N(CC(C)(C)C)CC(F)(F)F)CCC2=O)c1. The maximum atomic E-state index is 13.0. The lowest BCUT2D eigenvalue weighted by Crippen LogP contribution is -2.48. The van der Waals surface area contributed by atoms with Crippen molar-refractivity contribution in [3.63, 3.8) is 0 Å². The minimum Gasteiger partial charge on any atom is -0.328 e. The lowest BCUT2D eigenvalue weighted by atomic mass is 9.95. The van der Waals surface area contributed by atoms with Gasteiger partial charge in [0.2, 0.25) is 5.91 Å². The summed E-state index contributed by atoms with van der Waals surface area (Å²) in [6.07, 6.45) is -4.47. The summed E-state index contributed by atoms with van der Waals surface area (Å²) >= 11 is 0. The van der Waals surface area contributed by atoms with Gasteiger partial charge in [0.1, 0.15) is 12.3 Å². The Morgan fingerprint density at radius 3 is 2.36 bits per heavy atom. The van der Waals surface area contributed by atoms with E-state index >= 15 is 0 Å². The number of carbonyl (C=O) groups excluding carboxylic acids is 2. The van der Waals surface area contributed by atoms with Crippen molar-refractivity contribution in [3.05, 3.63) is 29.3 Å². The fourth-order valence-corrected chi connectivity index (χ4v) is 3.01. The van der Waals surface area contributed by atoms with Crippen LogP contribution in [0.5, 0.6) is 0 Å². The molecule has 5 nitrogen and oxygen atoms in total. The summed E-state index contributed by atoms with van der Waals surface area (Å²) in [4.78, 5) is 26.0. The third kappa shape index (κ3) is 5.81. The van der Waals surface area contributed by atoms with Crippen LogP contribution in [-0.4, -0.2) is 41.7 Å². The maximum Gasteiger partial charge on any atom is 0.406 e. The molecule has 28 heavy (non-hydrogen) atoms. The third-order valence-corrected chi connectivity index (χ3v) is 4.19. The van der Waals surface area contributed by atoms with Gasteiger partial charge in [-0.3, -0.25) is 9.59 Å². The van der Waals surface area contributed by atoms with E-state index in [2.05, 4.69) is 5.10 Å². The predicted molar refractivity (Wildman–Crippen MR) is 102 cm³/mol. The van der Waals surface area contributed by atoms with Crippen molar-refractivity contribution < 1.29 is 22.8 Å². The van der Waals surface area contributed by atoms with Crippen molar-refractivity contribution in [3.8, 4) is 0 Å². The molecule has 0 aliphatic carbocycles. The number of hydrogen-bond acceptors (Lipinski definition) is 3. The van der Waals surface area contributed by atoms with Crippen molar-refractivity contribution in [1.29, 1.82) is 0 Å². The van der Waals surface area contributed by atoms with Crippen molar-refractivity contribution in [1.82, 2.24) is 4.90 Å². The Balaban J connectivity index is 2.38. The molecular formula is C20H26F3N3O2. The average molecular weight is 397 g/mol. The van der Waals surface area contributed by atoms with Gasteiger partial charge in [-0.25, -0.2) is 5.01 Å². The molecule has 0 aromatic heterocycles. The molecule has 0 saturated heterocycles. The predicted octanol–water partition coefficient (Wildman–Crippen LogP) is 4.22. The van der Waals surface area contributed by atoms with E-state index in [0.29, 0.717) is 5.69 Å². The van der Waals surface area contributed by atoms with Crippen LogP contribution in [0.15, 0.2) is 23.3 Å². The molecule has 0 fully saturated rings. The minimum atomic E-state index is -4.52. The largest absolute Gasteiger partial charge is 0.406 e. The number of hydrazone groups is 1. The van der Waals surface area contributed by atoms with Crippen molar-refractivity contribution in [2.45, 2.75) is 53.6 Å². The zero-order valence-electron chi connectivity index (χ0n) is 16.9. The highest BCUT2D eigenvalue weighted by Crippen LogP contribution is 2.27. The van der Waals surface area contributed by atoms with Crippen molar-refractivity contribution >= 4 is 23.2 Å². The Labute approximate surface area is 163 Å². The van der Waals surface area contributed by atoms with Gasteiger partial charge < -0.3 is 4.90 Å². The highest BCUT2D eigenvalue weighted by Gasteiger charge is 2.37. The van der Waals surface area contributed by atoms with Gasteiger partial charge in [0, 0.05) is 19.4 Å². The van der Waals surface area contributed by atoms with E-state index in [1.165, 1.54) is 0 Å². The lowest BCUT2D eigenvalue weighted by molar-refractivity contribution is -0.159. The summed E-state index contributed by atoms with van der Waals surface area (Å²) in [6, 6.07) is 5.49. The Kier molecular flexibility index (Phi) is 6.21. The first-order valence-corrected chi connectivity index (χ1v) is 9.10. The number of alkyl halides is 3. The van der Waals surface area contributed by atoms with Crippen LogP contribution in [0.2, 0.25) is 0 Å². The molecule has 2 rings (SSSR count). The van der Waals surface area contributed by atoms with Crippen LogP contribution in [-0.2, 0) is 9.59 Å². The molecule has 1 aromatic carbocycles. The number of rotatable bonds is 4. The molecule has 1 heterocycles. The second-order valence-electron chi connectivity index (χ2n) is 8.38. The van der Waals surface area contributed by atoms with Gasteiger partial charge in [0.05, 0.1) is 5.69 Å². The molecule has 0 N–H and O–H groups in total. The summed E-state index contributed by atoms with van der Waals surface area (Å²) in [5, 5.41) is 5.30. The third-order valence-electron chi connectivity index (χ3n) is 4.19. The van der Waals surface area contributed by atoms with E-state index in [9.17, 15) is 22.8 Å². The molecule has 0 radical (unpaired) electrons. The topological polar surface area (TPSA) is 53.0 Å². The number of halogens is 3. The molecule has 154 valence electrons. The van der Waals surface area contributed by atoms with E-state index in [4.69, 9.17) is 0 Å². The van der Waals surface area contributed by atoms with Crippen LogP contribution in [0.4, 0.5) is 18.9 Å². The van der Waals surface area contributed by atoms with Crippen LogP contribution in [0.25, 0.3) is 0 Å². The van der Waals surface area contributed by atoms with Crippen LogP contribution < -0.4 is 5.01 Å². The molecule has 2 amide bonds. The highest BCUT2D eigenvalue weighted by atomic mass is 19.4. The summed E-state index contributed by atoms with van der Waals surface area (Å²) in [5.74, 6) is -1.07. The normalized spacial score (nSPS) is 15.5. The monoisotopic (exact) mass is 397 g/mol. The summed E-state index contributed by atoms with van der Waals surface area (Å²) in [7, 11) is 0. The van der Waals surface area contributed by atoms with Gasteiger partial charge in [-0.1, -0.05) is 32.9 Å². The number of hydrogen-bond donors (Lipinski definition) is 0. The quantitative estimate of drug-likeness (QED) is 0.764. The van der Waals surface area contributed by atoms with Crippen LogP contribution in [0.1, 0.15) is 44.7 Å². The zero-order chi connectivity index (χ0) is 21.3. The summed E-state index contributed by atoms with van der Waals surface area (Å²) < 4.78 is 39.0.